The normalized spacial score (nSPS) is 10.8. The van der Waals surface area contributed by atoms with Gasteiger partial charge in [0.05, 0.1) is 12.9 Å². The predicted molar refractivity (Wildman–Crippen MR) is 76.5 cm³/mol. The number of ether oxygens (including phenoxy) is 1. The minimum absolute atomic E-state index is 0.551. The third-order valence-electron chi connectivity index (χ3n) is 2.76. The smallest absolute Gasteiger partial charge is 0.237 e. The molecule has 108 valence electrons. The molecule has 0 saturated carbocycles. The number of aryl methyl sites for hydroxylation is 1. The first-order valence-electron chi connectivity index (χ1n) is 6.22. The fraction of sp³-hybridized carbons (Fsp3) is 0.231. The molecule has 3 aromatic rings. The van der Waals surface area contributed by atoms with Gasteiger partial charge in [0.2, 0.25) is 5.89 Å². The number of rotatable bonds is 5. The lowest BCUT2D eigenvalue weighted by molar-refractivity contribution is 0.387. The average Bonchev–Trinajstić information content (AvgIpc) is 3.14. The third kappa shape index (κ3) is 3.05. The van der Waals surface area contributed by atoms with Gasteiger partial charge in [-0.3, -0.25) is 4.57 Å². The van der Waals surface area contributed by atoms with Crippen molar-refractivity contribution in [2.75, 3.05) is 7.11 Å². The highest BCUT2D eigenvalue weighted by atomic mass is 32.2. The number of aromatic nitrogens is 5. The van der Waals surface area contributed by atoms with Gasteiger partial charge in [-0.25, -0.2) is 0 Å². The summed E-state index contributed by atoms with van der Waals surface area (Å²) in [6.45, 7) is 1.79. The maximum atomic E-state index is 5.15. The largest absolute Gasteiger partial charge is 0.497 e. The lowest BCUT2D eigenvalue weighted by Gasteiger charge is -2.06. The van der Waals surface area contributed by atoms with E-state index in [-0.39, 0.29) is 0 Å². The molecule has 3 rings (SSSR count). The summed E-state index contributed by atoms with van der Waals surface area (Å²) in [6, 6.07) is 7.68. The molecule has 0 unspecified atom stereocenters. The van der Waals surface area contributed by atoms with E-state index in [1.54, 1.807) is 20.4 Å². The van der Waals surface area contributed by atoms with Crippen LogP contribution in [0.1, 0.15) is 11.7 Å². The first kappa shape index (κ1) is 13.6. The van der Waals surface area contributed by atoms with Gasteiger partial charge in [-0.1, -0.05) is 16.9 Å². The quantitative estimate of drug-likeness (QED) is 0.669. The Balaban J connectivity index is 1.76. The van der Waals surface area contributed by atoms with E-state index in [0.717, 1.165) is 16.6 Å². The fourth-order valence-corrected chi connectivity index (χ4v) is 2.53. The van der Waals surface area contributed by atoms with Crippen LogP contribution in [-0.4, -0.2) is 32.0 Å². The Bertz CT molecular complexity index is 722. The lowest BCUT2D eigenvalue weighted by atomic mass is 10.3. The molecule has 0 radical (unpaired) electrons. The van der Waals surface area contributed by atoms with Crippen LogP contribution < -0.4 is 4.74 Å². The van der Waals surface area contributed by atoms with Crippen molar-refractivity contribution in [3.05, 3.63) is 42.3 Å². The van der Waals surface area contributed by atoms with Crippen molar-refractivity contribution in [1.29, 1.82) is 0 Å². The van der Waals surface area contributed by atoms with Gasteiger partial charge in [-0.05, 0) is 31.2 Å². The summed E-state index contributed by atoms with van der Waals surface area (Å²) < 4.78 is 12.1. The second kappa shape index (κ2) is 5.96. The molecular formula is C13H13N5O2S. The number of hydrogen-bond acceptors (Lipinski definition) is 7. The van der Waals surface area contributed by atoms with Crippen LogP contribution in [-0.2, 0) is 5.75 Å². The van der Waals surface area contributed by atoms with Crippen LogP contribution >= 0.6 is 11.8 Å². The minimum atomic E-state index is 0.551. The minimum Gasteiger partial charge on any atom is -0.497 e. The maximum absolute atomic E-state index is 5.15. The molecule has 0 atom stereocenters. The molecule has 0 aliphatic carbocycles. The topological polar surface area (TPSA) is 78.9 Å². The molecule has 0 spiro atoms. The van der Waals surface area contributed by atoms with Gasteiger partial charge < -0.3 is 9.26 Å². The van der Waals surface area contributed by atoms with E-state index in [2.05, 4.69) is 20.3 Å². The molecule has 0 fully saturated rings. The summed E-state index contributed by atoms with van der Waals surface area (Å²) >= 11 is 1.49. The van der Waals surface area contributed by atoms with E-state index in [4.69, 9.17) is 9.26 Å². The Hall–Kier alpha value is -2.35. The summed E-state index contributed by atoms with van der Waals surface area (Å²) in [5.74, 6) is 2.56. The number of thioether (sulfide) groups is 1. The van der Waals surface area contributed by atoms with Crippen LogP contribution in [0.4, 0.5) is 0 Å². The van der Waals surface area contributed by atoms with Crippen molar-refractivity contribution in [1.82, 2.24) is 24.9 Å². The highest BCUT2D eigenvalue weighted by Gasteiger charge is 2.10. The molecule has 8 heteroatoms. The van der Waals surface area contributed by atoms with Crippen molar-refractivity contribution in [2.45, 2.75) is 17.8 Å². The highest BCUT2D eigenvalue weighted by molar-refractivity contribution is 7.98. The number of benzene rings is 1. The monoisotopic (exact) mass is 303 g/mol. The third-order valence-corrected chi connectivity index (χ3v) is 3.69. The van der Waals surface area contributed by atoms with Gasteiger partial charge >= 0.3 is 0 Å². The van der Waals surface area contributed by atoms with Crippen molar-refractivity contribution >= 4 is 11.8 Å². The molecule has 0 saturated heterocycles. The second-order valence-corrected chi connectivity index (χ2v) is 5.15. The first-order chi connectivity index (χ1) is 10.3. The molecule has 2 heterocycles. The van der Waals surface area contributed by atoms with Crippen molar-refractivity contribution in [2.24, 2.45) is 0 Å². The van der Waals surface area contributed by atoms with E-state index in [1.807, 2.05) is 28.8 Å². The summed E-state index contributed by atoms with van der Waals surface area (Å²) in [5, 5.41) is 12.6. The van der Waals surface area contributed by atoms with Crippen molar-refractivity contribution in [3.63, 3.8) is 0 Å². The molecule has 0 N–H and O–H groups in total. The lowest BCUT2D eigenvalue weighted by Crippen LogP contribution is -1.95. The Morgan fingerprint density at radius 3 is 2.76 bits per heavy atom. The molecule has 0 amide bonds. The number of nitrogens with zero attached hydrogens (tertiary/aromatic N) is 5. The highest BCUT2D eigenvalue weighted by Crippen LogP contribution is 2.23. The zero-order valence-electron chi connectivity index (χ0n) is 11.6. The standard InChI is InChI=1S/C13H13N5O2S/c1-9-15-12(20-17-9)7-21-13-16-14-8-18(13)10-3-5-11(19-2)6-4-10/h3-6,8H,7H2,1-2H3. The Morgan fingerprint density at radius 1 is 1.29 bits per heavy atom. The van der Waals surface area contributed by atoms with Crippen LogP contribution in [0.3, 0.4) is 0 Å². The zero-order valence-corrected chi connectivity index (χ0v) is 12.4. The van der Waals surface area contributed by atoms with Gasteiger partial charge in [-0.15, -0.1) is 10.2 Å². The van der Waals surface area contributed by atoms with Crippen LogP contribution in [0.25, 0.3) is 5.69 Å². The van der Waals surface area contributed by atoms with Gasteiger partial charge in [0.1, 0.15) is 12.1 Å². The molecule has 1 aromatic carbocycles. The summed E-state index contributed by atoms with van der Waals surface area (Å²) in [4.78, 5) is 4.16. The predicted octanol–water partition coefficient (Wildman–Crippen LogP) is 2.26. The van der Waals surface area contributed by atoms with Crippen molar-refractivity contribution < 1.29 is 9.26 Å². The number of hydrogen-bond donors (Lipinski definition) is 0. The second-order valence-electron chi connectivity index (χ2n) is 4.21. The van der Waals surface area contributed by atoms with Crippen LogP contribution in [0, 0.1) is 6.92 Å². The molecule has 2 aromatic heterocycles. The molecule has 7 nitrogen and oxygen atoms in total. The van der Waals surface area contributed by atoms with E-state index >= 15 is 0 Å². The van der Waals surface area contributed by atoms with Crippen molar-refractivity contribution in [3.8, 4) is 11.4 Å². The molecule has 0 aliphatic heterocycles. The average molecular weight is 303 g/mol. The van der Waals surface area contributed by atoms with E-state index < -0.39 is 0 Å². The first-order valence-corrected chi connectivity index (χ1v) is 7.21. The van der Waals surface area contributed by atoms with Gasteiger partial charge in [0.15, 0.2) is 11.0 Å². The number of methoxy groups -OCH3 is 1. The van der Waals surface area contributed by atoms with E-state index in [0.29, 0.717) is 17.5 Å². The Morgan fingerprint density at radius 2 is 2.10 bits per heavy atom. The molecule has 21 heavy (non-hydrogen) atoms. The van der Waals surface area contributed by atoms with Crippen LogP contribution in [0.15, 0.2) is 40.3 Å². The molecule has 0 bridgehead atoms. The van der Waals surface area contributed by atoms with Crippen LogP contribution in [0.5, 0.6) is 5.75 Å². The Kier molecular flexibility index (Phi) is 3.87. The molecular weight excluding hydrogens is 290 g/mol. The molecule has 0 aliphatic rings. The summed E-state index contributed by atoms with van der Waals surface area (Å²) in [5.41, 5.74) is 0.963. The van der Waals surface area contributed by atoms with Gasteiger partial charge in [-0.2, -0.15) is 4.98 Å². The SMILES string of the molecule is COc1ccc(-n2cnnc2SCc2nc(C)no2)cc1. The fourth-order valence-electron chi connectivity index (χ4n) is 1.77. The zero-order chi connectivity index (χ0) is 14.7. The van der Waals surface area contributed by atoms with Crippen LogP contribution in [0.2, 0.25) is 0 Å². The maximum Gasteiger partial charge on any atom is 0.237 e. The summed E-state index contributed by atoms with van der Waals surface area (Å²) in [6.07, 6.45) is 1.67. The Labute approximate surface area is 125 Å². The van der Waals surface area contributed by atoms with E-state index in [1.165, 1.54) is 11.8 Å². The van der Waals surface area contributed by atoms with Gasteiger partial charge in [0.25, 0.3) is 0 Å². The van der Waals surface area contributed by atoms with Gasteiger partial charge in [0, 0.05) is 5.69 Å². The van der Waals surface area contributed by atoms with E-state index in [9.17, 15) is 0 Å². The summed E-state index contributed by atoms with van der Waals surface area (Å²) in [7, 11) is 1.64.